The lowest BCUT2D eigenvalue weighted by Crippen LogP contribution is -2.11. The number of nitro benzene ring substituents is 1. The van der Waals surface area contributed by atoms with Crippen molar-refractivity contribution in [1.29, 1.82) is 0 Å². The first-order valence-corrected chi connectivity index (χ1v) is 9.64. The molecule has 12 heteroatoms. The van der Waals surface area contributed by atoms with Gasteiger partial charge in [-0.1, -0.05) is 0 Å². The molecule has 3 heterocycles. The van der Waals surface area contributed by atoms with Crippen molar-refractivity contribution in [1.82, 2.24) is 4.98 Å². The van der Waals surface area contributed by atoms with Crippen molar-refractivity contribution in [3.05, 3.63) is 49.1 Å². The summed E-state index contributed by atoms with van der Waals surface area (Å²) in [5.41, 5.74) is 0.738. The average Bonchev–Trinajstić information content (AvgIpc) is 3.26. The predicted molar refractivity (Wildman–Crippen MR) is 95.5 cm³/mol. The van der Waals surface area contributed by atoms with Gasteiger partial charge in [-0.05, 0) is 56.3 Å². The highest BCUT2D eigenvalue weighted by molar-refractivity contribution is 9.11. The second kappa shape index (κ2) is 5.95. The van der Waals surface area contributed by atoms with Crippen LogP contribution in [0.1, 0.15) is 4.88 Å². The Kier molecular flexibility index (Phi) is 3.90. The molecule has 0 bridgehead atoms. The molecule has 1 aliphatic heterocycles. The number of thioether (sulfide) groups is 1. The molecule has 0 unspecified atom stereocenters. The standard InChI is InChI=1S/C12H5BrN6O2S3/c13-10-4-3-9(23-10)12(15-17-18-16-12)24-11-14-7-2-1-6(19(20)21)5-8(7)22-11/h1-5H. The largest absolute Gasteiger partial charge is 0.281 e. The first kappa shape index (κ1) is 15.7. The van der Waals surface area contributed by atoms with Gasteiger partial charge in [0.25, 0.3) is 10.7 Å². The highest BCUT2D eigenvalue weighted by Crippen LogP contribution is 2.50. The molecule has 0 aliphatic carbocycles. The Labute approximate surface area is 155 Å². The van der Waals surface area contributed by atoms with Gasteiger partial charge in [0.2, 0.25) is 0 Å². The van der Waals surface area contributed by atoms with E-state index in [9.17, 15) is 10.1 Å². The third-order valence-electron chi connectivity index (χ3n) is 3.09. The summed E-state index contributed by atoms with van der Waals surface area (Å²) >= 11 is 7.58. The maximum Gasteiger partial charge on any atom is 0.281 e. The van der Waals surface area contributed by atoms with Gasteiger partial charge in [-0.2, -0.15) is 0 Å². The fraction of sp³-hybridized carbons (Fsp3) is 0.0833. The summed E-state index contributed by atoms with van der Waals surface area (Å²) in [5.74, 6) is 0. The topological polar surface area (TPSA) is 105 Å². The zero-order valence-corrected chi connectivity index (χ0v) is 15.5. The van der Waals surface area contributed by atoms with Crippen LogP contribution in [0.25, 0.3) is 10.2 Å². The van der Waals surface area contributed by atoms with Crippen molar-refractivity contribution in [3.8, 4) is 0 Å². The number of aromatic nitrogens is 1. The molecule has 4 rings (SSSR count). The average molecular weight is 441 g/mol. The molecule has 1 aromatic carbocycles. The minimum atomic E-state index is -0.990. The molecule has 0 saturated heterocycles. The van der Waals surface area contributed by atoms with Gasteiger partial charge in [-0.15, -0.1) is 32.9 Å². The van der Waals surface area contributed by atoms with E-state index >= 15 is 0 Å². The number of rotatable bonds is 4. The van der Waals surface area contributed by atoms with E-state index < -0.39 is 9.92 Å². The molecule has 0 spiro atoms. The second-order valence-electron chi connectivity index (χ2n) is 4.58. The molecule has 0 N–H and O–H groups in total. The third-order valence-corrected chi connectivity index (χ3v) is 7.18. The quantitative estimate of drug-likeness (QED) is 0.379. The summed E-state index contributed by atoms with van der Waals surface area (Å²) in [4.78, 5) is 14.9. The molecule has 24 heavy (non-hydrogen) atoms. The lowest BCUT2D eigenvalue weighted by molar-refractivity contribution is -0.384. The van der Waals surface area contributed by atoms with Crippen LogP contribution < -0.4 is 0 Å². The number of thiophene rings is 1. The van der Waals surface area contributed by atoms with Crippen LogP contribution in [-0.2, 0) is 4.99 Å². The number of halogens is 1. The Morgan fingerprint density at radius 3 is 2.62 bits per heavy atom. The Hall–Kier alpha value is -1.76. The van der Waals surface area contributed by atoms with Gasteiger partial charge in [0.15, 0.2) is 4.34 Å². The number of thiazole rings is 1. The Morgan fingerprint density at radius 1 is 1.17 bits per heavy atom. The number of nitro groups is 1. The third kappa shape index (κ3) is 2.75. The zero-order chi connectivity index (χ0) is 16.7. The minimum absolute atomic E-state index is 0.0415. The van der Waals surface area contributed by atoms with E-state index in [4.69, 9.17) is 0 Å². The maximum atomic E-state index is 10.9. The molecule has 2 aromatic heterocycles. The Bertz CT molecular complexity index is 1000. The molecular weight excluding hydrogens is 436 g/mol. The van der Waals surface area contributed by atoms with Gasteiger partial charge in [-0.3, -0.25) is 10.1 Å². The number of nitrogens with zero attached hydrogens (tertiary/aromatic N) is 6. The van der Waals surface area contributed by atoms with Crippen molar-refractivity contribution >= 4 is 66.3 Å². The fourth-order valence-corrected chi connectivity index (χ4v) is 5.86. The lowest BCUT2D eigenvalue weighted by Gasteiger charge is -2.15. The van der Waals surface area contributed by atoms with E-state index in [-0.39, 0.29) is 5.69 Å². The molecule has 0 fully saturated rings. The summed E-state index contributed by atoms with van der Waals surface area (Å²) in [7, 11) is 0. The van der Waals surface area contributed by atoms with Gasteiger partial charge in [0.05, 0.1) is 23.8 Å². The normalized spacial score (nSPS) is 15.4. The van der Waals surface area contributed by atoms with Crippen molar-refractivity contribution in [2.45, 2.75) is 9.33 Å². The molecule has 120 valence electrons. The van der Waals surface area contributed by atoms with E-state index in [1.54, 1.807) is 6.07 Å². The summed E-state index contributed by atoms with van der Waals surface area (Å²) in [6.07, 6.45) is 0. The summed E-state index contributed by atoms with van der Waals surface area (Å²) in [6.45, 7) is 0. The zero-order valence-electron chi connectivity index (χ0n) is 11.5. The minimum Gasteiger partial charge on any atom is -0.258 e. The van der Waals surface area contributed by atoms with Crippen molar-refractivity contribution in [2.24, 2.45) is 20.7 Å². The van der Waals surface area contributed by atoms with E-state index in [1.165, 1.54) is 46.6 Å². The van der Waals surface area contributed by atoms with Crippen LogP contribution in [0.2, 0.25) is 0 Å². The molecule has 3 aromatic rings. The lowest BCUT2D eigenvalue weighted by atomic mass is 10.3. The van der Waals surface area contributed by atoms with Crippen LogP contribution in [-0.4, -0.2) is 9.91 Å². The number of benzene rings is 1. The highest BCUT2D eigenvalue weighted by Gasteiger charge is 2.39. The van der Waals surface area contributed by atoms with Gasteiger partial charge >= 0.3 is 0 Å². The SMILES string of the molecule is O=[N+]([O-])c1ccc2nc(SC3(c4ccc(Br)s4)N=NN=N3)sc2c1. The van der Waals surface area contributed by atoms with Crippen LogP contribution in [0.5, 0.6) is 0 Å². The van der Waals surface area contributed by atoms with E-state index in [0.29, 0.717) is 9.86 Å². The van der Waals surface area contributed by atoms with Gasteiger partial charge < -0.3 is 0 Å². The maximum absolute atomic E-state index is 10.9. The number of non-ortho nitro benzene ring substituents is 1. The van der Waals surface area contributed by atoms with Crippen molar-refractivity contribution in [2.75, 3.05) is 0 Å². The molecule has 0 radical (unpaired) electrons. The molecular formula is C12H5BrN6O2S3. The van der Waals surface area contributed by atoms with Crippen LogP contribution >= 0.6 is 50.4 Å². The molecule has 0 atom stereocenters. The summed E-state index contributed by atoms with van der Waals surface area (Å²) < 4.78 is 2.38. The van der Waals surface area contributed by atoms with Crippen LogP contribution in [0.3, 0.4) is 0 Å². The Morgan fingerprint density at radius 2 is 1.96 bits per heavy atom. The molecule has 1 aliphatic rings. The summed E-state index contributed by atoms with van der Waals surface area (Å²) in [6, 6.07) is 8.41. The van der Waals surface area contributed by atoms with Crippen LogP contribution in [0.4, 0.5) is 5.69 Å². The predicted octanol–water partition coefficient (Wildman–Crippen LogP) is 5.76. The number of fused-ring (bicyclic) bond motifs is 1. The molecule has 0 saturated carbocycles. The fourth-order valence-electron chi connectivity index (χ4n) is 2.03. The summed E-state index contributed by atoms with van der Waals surface area (Å²) in [5, 5.41) is 26.5. The van der Waals surface area contributed by atoms with E-state index in [2.05, 4.69) is 41.6 Å². The first-order chi connectivity index (χ1) is 11.6. The van der Waals surface area contributed by atoms with Crippen molar-refractivity contribution < 1.29 is 4.92 Å². The molecule has 0 amide bonds. The van der Waals surface area contributed by atoms with E-state index in [1.807, 2.05) is 12.1 Å². The van der Waals surface area contributed by atoms with Gasteiger partial charge in [-0.25, -0.2) is 4.98 Å². The Balaban J connectivity index is 1.73. The monoisotopic (exact) mass is 440 g/mol. The van der Waals surface area contributed by atoms with Crippen molar-refractivity contribution in [3.63, 3.8) is 0 Å². The molecule has 8 nitrogen and oxygen atoms in total. The number of hydrogen-bond acceptors (Lipinski definition) is 10. The number of hydrogen-bond donors (Lipinski definition) is 0. The smallest absolute Gasteiger partial charge is 0.258 e. The van der Waals surface area contributed by atoms with Crippen LogP contribution in [0, 0.1) is 10.1 Å². The van der Waals surface area contributed by atoms with Gasteiger partial charge in [0.1, 0.15) is 0 Å². The van der Waals surface area contributed by atoms with E-state index in [0.717, 1.165) is 13.4 Å². The first-order valence-electron chi connectivity index (χ1n) is 6.40. The van der Waals surface area contributed by atoms with Crippen LogP contribution in [0.15, 0.2) is 59.1 Å². The van der Waals surface area contributed by atoms with Gasteiger partial charge in [0, 0.05) is 12.1 Å². The second-order valence-corrected chi connectivity index (χ2v) is 9.49. The highest BCUT2D eigenvalue weighted by atomic mass is 79.9.